The predicted molar refractivity (Wildman–Crippen MR) is 112 cm³/mol. The maximum atomic E-state index is 11.6. The molecule has 2 aliphatic rings. The van der Waals surface area contributed by atoms with Crippen molar-refractivity contribution in [1.29, 1.82) is 0 Å². The molecule has 0 spiro atoms. The molecular weight excluding hydrogens is 401 g/mol. The number of benzene rings is 2. The molecule has 3 aromatic rings. The Morgan fingerprint density at radius 2 is 1.73 bits per heavy atom. The van der Waals surface area contributed by atoms with E-state index in [9.17, 15) is 4.79 Å². The second kappa shape index (κ2) is 5.10. The summed E-state index contributed by atoms with van der Waals surface area (Å²) in [6, 6.07) is 17.9. The molecule has 4 heteroatoms. The molecule has 0 amide bonds. The summed E-state index contributed by atoms with van der Waals surface area (Å²) in [4.78, 5) is 14.1. The van der Waals surface area contributed by atoms with Gasteiger partial charge in [0.05, 0.1) is 0 Å². The number of hydrogen-bond acceptors (Lipinski definition) is 2. The van der Waals surface area contributed by atoms with Gasteiger partial charge in [0.2, 0.25) is 0 Å². The summed E-state index contributed by atoms with van der Waals surface area (Å²) >= 11 is 0.0648. The van der Waals surface area contributed by atoms with E-state index in [2.05, 4.69) is 80.4 Å². The van der Waals surface area contributed by atoms with E-state index in [-0.39, 0.29) is 19.9 Å². The first kappa shape index (κ1) is 16.3. The van der Waals surface area contributed by atoms with Gasteiger partial charge in [-0.15, -0.1) is 0 Å². The second-order valence-electron chi connectivity index (χ2n) is 8.29. The molecule has 0 saturated carbocycles. The Morgan fingerprint density at radius 3 is 2.50 bits per heavy atom. The van der Waals surface area contributed by atoms with Crippen LogP contribution in [0.1, 0.15) is 34.2 Å². The monoisotopic (exact) mass is 423 g/mol. The minimum absolute atomic E-state index is 0.0648. The van der Waals surface area contributed by atoms with Gasteiger partial charge in [-0.3, -0.25) is 0 Å². The van der Waals surface area contributed by atoms with Gasteiger partial charge in [-0.05, 0) is 0 Å². The Hall–Kier alpha value is -1.87. The van der Waals surface area contributed by atoms with E-state index in [4.69, 9.17) is 0 Å². The zero-order valence-electron chi connectivity index (χ0n) is 15.5. The Kier molecular flexibility index (Phi) is 3.20. The van der Waals surface area contributed by atoms with Crippen LogP contribution in [-0.2, 0) is 5.41 Å². The van der Waals surface area contributed by atoms with E-state index in [0.717, 1.165) is 10.7 Å². The fraction of sp³-hybridized carbons (Fsp3) is 0.227. The van der Waals surface area contributed by atoms with Crippen molar-refractivity contribution in [2.45, 2.75) is 32.4 Å². The molecule has 0 fully saturated rings. The van der Waals surface area contributed by atoms with Crippen molar-refractivity contribution >= 4 is 55.2 Å². The van der Waals surface area contributed by atoms with Gasteiger partial charge < -0.3 is 0 Å². The molecule has 0 N–H and O–H groups in total. The zero-order valence-corrected chi connectivity index (χ0v) is 18.2. The molecule has 0 saturated heterocycles. The normalized spacial score (nSPS) is 17.9. The Labute approximate surface area is 161 Å². The van der Waals surface area contributed by atoms with E-state index in [0.29, 0.717) is 0 Å². The average Bonchev–Trinajstić information content (AvgIpc) is 3.07. The number of rotatable bonds is 1. The summed E-state index contributed by atoms with van der Waals surface area (Å²) in [5.41, 5.74) is 5.37. The van der Waals surface area contributed by atoms with Crippen LogP contribution >= 0.6 is 0 Å². The Morgan fingerprint density at radius 1 is 1.00 bits per heavy atom. The summed E-state index contributed by atoms with van der Waals surface area (Å²) in [6.07, 6.45) is 1.05. The van der Waals surface area contributed by atoms with Gasteiger partial charge in [0.15, 0.2) is 0 Å². The van der Waals surface area contributed by atoms with E-state index < -0.39 is 8.07 Å². The molecule has 0 unspecified atom stereocenters. The molecule has 3 heterocycles. The van der Waals surface area contributed by atoms with Crippen LogP contribution < -0.4 is 15.3 Å². The molecule has 0 bridgehead atoms. The van der Waals surface area contributed by atoms with Crippen LogP contribution in [0.5, 0.6) is 0 Å². The Bertz CT molecular complexity index is 1080. The molecule has 2 aliphatic heterocycles. The SMILES string of the molecule is CC1(C)c2cc(C=O)[se]c2N2c3ccccc3[Si](C)(C)c3cccc1c32. The first-order chi connectivity index (χ1) is 12.4. The van der Waals surface area contributed by atoms with Crippen molar-refractivity contribution in [3.05, 3.63) is 64.1 Å². The second-order valence-corrected chi connectivity index (χ2v) is 14.8. The number of carbonyl (C=O) groups is 1. The summed E-state index contributed by atoms with van der Waals surface area (Å²) in [7, 11) is -1.76. The molecule has 5 rings (SSSR count). The molecule has 130 valence electrons. The van der Waals surface area contributed by atoms with Crippen LogP contribution in [0.4, 0.5) is 15.9 Å². The first-order valence-electron chi connectivity index (χ1n) is 9.00. The molecule has 2 nitrogen and oxygen atoms in total. The number of para-hydroxylation sites is 2. The van der Waals surface area contributed by atoms with Crippen LogP contribution in [0, 0.1) is 0 Å². The van der Waals surface area contributed by atoms with Crippen molar-refractivity contribution < 1.29 is 4.79 Å². The van der Waals surface area contributed by atoms with Gasteiger partial charge in [0, 0.05) is 0 Å². The van der Waals surface area contributed by atoms with Crippen LogP contribution in [-0.4, -0.2) is 28.9 Å². The van der Waals surface area contributed by atoms with Crippen molar-refractivity contribution in [3.63, 3.8) is 0 Å². The number of fused-ring (bicyclic) bond motifs is 4. The van der Waals surface area contributed by atoms with Gasteiger partial charge in [-0.2, -0.15) is 0 Å². The first-order valence-corrected chi connectivity index (χ1v) is 13.7. The summed E-state index contributed by atoms with van der Waals surface area (Å²) in [5.74, 6) is 0. The number of aldehydes is 1. The van der Waals surface area contributed by atoms with Gasteiger partial charge in [0.1, 0.15) is 0 Å². The number of nitrogens with zero attached hydrogens (tertiary/aromatic N) is 1. The molecule has 2 aromatic carbocycles. The van der Waals surface area contributed by atoms with Crippen molar-refractivity contribution in [2.75, 3.05) is 4.90 Å². The van der Waals surface area contributed by atoms with Crippen LogP contribution in [0.15, 0.2) is 48.5 Å². The summed E-state index contributed by atoms with van der Waals surface area (Å²) in [5, 5.41) is 3.01. The van der Waals surface area contributed by atoms with E-state index in [1.54, 1.807) is 0 Å². The van der Waals surface area contributed by atoms with E-state index >= 15 is 0 Å². The molecule has 26 heavy (non-hydrogen) atoms. The summed E-state index contributed by atoms with van der Waals surface area (Å²) in [6.45, 7) is 9.55. The third-order valence-electron chi connectivity index (χ3n) is 6.15. The van der Waals surface area contributed by atoms with Gasteiger partial charge in [-0.1, -0.05) is 0 Å². The third-order valence-corrected chi connectivity index (χ3v) is 11.9. The summed E-state index contributed by atoms with van der Waals surface area (Å²) < 4.78 is 2.30. The minimum atomic E-state index is -1.76. The van der Waals surface area contributed by atoms with E-state index in [1.807, 2.05) is 0 Å². The van der Waals surface area contributed by atoms with Gasteiger partial charge >= 0.3 is 161 Å². The topological polar surface area (TPSA) is 20.3 Å². The molecule has 0 aliphatic carbocycles. The number of anilines is 3. The van der Waals surface area contributed by atoms with Crippen molar-refractivity contribution in [2.24, 2.45) is 0 Å². The molecular formula is C22H21NOSeSi. The maximum absolute atomic E-state index is 11.6. The van der Waals surface area contributed by atoms with Crippen LogP contribution in [0.3, 0.4) is 0 Å². The molecule has 0 atom stereocenters. The van der Waals surface area contributed by atoms with Gasteiger partial charge in [0.25, 0.3) is 0 Å². The van der Waals surface area contributed by atoms with Crippen molar-refractivity contribution in [1.82, 2.24) is 0 Å². The van der Waals surface area contributed by atoms with Gasteiger partial charge in [-0.25, -0.2) is 0 Å². The predicted octanol–water partition coefficient (Wildman–Crippen LogP) is 3.80. The molecule has 0 radical (unpaired) electrons. The third kappa shape index (κ3) is 1.85. The van der Waals surface area contributed by atoms with Crippen molar-refractivity contribution in [3.8, 4) is 0 Å². The fourth-order valence-corrected chi connectivity index (χ4v) is 10.1. The number of carbonyl (C=O) groups excluding carboxylic acids is 1. The van der Waals surface area contributed by atoms with Crippen LogP contribution in [0.25, 0.3) is 0 Å². The Balaban J connectivity index is 1.95. The fourth-order valence-electron chi connectivity index (χ4n) is 4.68. The zero-order chi connectivity index (χ0) is 18.3. The number of hydrogen-bond donors (Lipinski definition) is 0. The quantitative estimate of drug-likeness (QED) is 0.439. The standard InChI is InChI=1S/C22H21NOSeSi/c1-22(2)15-8-7-11-19-20(15)23(21-16(22)12-14(13-24)25-21)17-9-5-6-10-18(17)26(19,3)4/h5-13H,1-4H3. The average molecular weight is 422 g/mol. The molecule has 1 aromatic heterocycles. The van der Waals surface area contributed by atoms with E-state index in [1.165, 1.54) is 37.4 Å². The van der Waals surface area contributed by atoms with Crippen LogP contribution in [0.2, 0.25) is 13.1 Å².